The monoisotopic (exact) mass is 416 g/mol. The van der Waals surface area contributed by atoms with E-state index in [-0.39, 0.29) is 17.4 Å². The number of thioether (sulfide) groups is 2. The molecular weight excluding hydrogens is 400 g/mol. The van der Waals surface area contributed by atoms with Crippen LogP contribution < -0.4 is 5.32 Å². The molecule has 0 saturated carbocycles. The Labute approximate surface area is 162 Å². The average Bonchev–Trinajstić information content (AvgIpc) is 3.10. The quantitative estimate of drug-likeness (QED) is 0.304. The summed E-state index contributed by atoms with van der Waals surface area (Å²) in [6.07, 6.45) is 0. The van der Waals surface area contributed by atoms with E-state index >= 15 is 0 Å². The van der Waals surface area contributed by atoms with Crippen molar-refractivity contribution in [3.05, 3.63) is 11.3 Å². The van der Waals surface area contributed by atoms with Gasteiger partial charge >= 0.3 is 5.97 Å². The normalized spacial score (nSPS) is 22.1. The summed E-state index contributed by atoms with van der Waals surface area (Å²) < 4.78 is 1.61. The highest BCUT2D eigenvalue weighted by molar-refractivity contribution is 8.01. The number of rotatable bonds is 7. The van der Waals surface area contributed by atoms with Gasteiger partial charge in [-0.1, -0.05) is 11.8 Å². The SMILES string of the molecule is CCn1nnnc1SCC1=C(C(=O)O)N2C(=O)C(NC(=O)CS)[C@@H]2SC1. The fourth-order valence-corrected chi connectivity index (χ4v) is 5.18. The van der Waals surface area contributed by atoms with Crippen LogP contribution in [0.25, 0.3) is 0 Å². The van der Waals surface area contributed by atoms with Gasteiger partial charge in [-0.25, -0.2) is 9.48 Å². The van der Waals surface area contributed by atoms with E-state index in [0.717, 1.165) is 0 Å². The number of thiol groups is 1. The Kier molecular flexibility index (Phi) is 5.77. The summed E-state index contributed by atoms with van der Waals surface area (Å²) in [5.74, 6) is -1.16. The number of carboxylic acids is 1. The largest absolute Gasteiger partial charge is 0.477 e. The molecule has 2 atom stereocenters. The number of hydrogen-bond donors (Lipinski definition) is 3. The first-order valence-corrected chi connectivity index (χ1v) is 10.3. The Morgan fingerprint density at radius 3 is 2.92 bits per heavy atom. The highest BCUT2D eigenvalue weighted by Crippen LogP contribution is 2.41. The summed E-state index contributed by atoms with van der Waals surface area (Å²) in [6, 6.07) is -0.712. The van der Waals surface area contributed by atoms with Crippen LogP contribution in [0.2, 0.25) is 0 Å². The molecule has 2 N–H and O–H groups in total. The number of fused-ring (bicyclic) bond motifs is 1. The van der Waals surface area contributed by atoms with E-state index < -0.39 is 23.3 Å². The minimum Gasteiger partial charge on any atom is -0.477 e. The average molecular weight is 417 g/mol. The first-order chi connectivity index (χ1) is 12.5. The van der Waals surface area contributed by atoms with E-state index in [1.165, 1.54) is 28.4 Å². The van der Waals surface area contributed by atoms with Crippen molar-refractivity contribution in [2.75, 3.05) is 17.3 Å². The van der Waals surface area contributed by atoms with Crippen molar-refractivity contribution in [2.24, 2.45) is 0 Å². The topological polar surface area (TPSA) is 130 Å². The maximum atomic E-state index is 12.4. The van der Waals surface area contributed by atoms with Crippen LogP contribution in [0, 0.1) is 0 Å². The fraction of sp³-hybridized carbons (Fsp3) is 0.538. The Balaban J connectivity index is 1.77. The van der Waals surface area contributed by atoms with E-state index in [4.69, 9.17) is 0 Å². The molecule has 1 fully saturated rings. The molecule has 0 aromatic carbocycles. The maximum Gasteiger partial charge on any atom is 0.352 e. The second-order valence-electron chi connectivity index (χ2n) is 5.44. The van der Waals surface area contributed by atoms with Crippen LogP contribution in [-0.4, -0.2) is 76.7 Å². The van der Waals surface area contributed by atoms with Crippen LogP contribution in [-0.2, 0) is 20.9 Å². The maximum absolute atomic E-state index is 12.4. The van der Waals surface area contributed by atoms with Gasteiger partial charge in [-0.2, -0.15) is 12.6 Å². The van der Waals surface area contributed by atoms with Gasteiger partial charge in [-0.15, -0.1) is 16.9 Å². The van der Waals surface area contributed by atoms with Gasteiger partial charge in [0, 0.05) is 18.1 Å². The molecule has 0 bridgehead atoms. The predicted molar refractivity (Wildman–Crippen MR) is 97.8 cm³/mol. The fourth-order valence-electron chi connectivity index (χ4n) is 2.66. The number of carboxylic acid groups (broad SMARTS) is 1. The summed E-state index contributed by atoms with van der Waals surface area (Å²) >= 11 is 6.62. The van der Waals surface area contributed by atoms with E-state index in [1.54, 1.807) is 4.68 Å². The molecular formula is C13H16N6O4S3. The lowest BCUT2D eigenvalue weighted by molar-refractivity contribution is -0.150. The minimum atomic E-state index is -1.16. The summed E-state index contributed by atoms with van der Waals surface area (Å²) in [5, 5.41) is 23.7. The van der Waals surface area contributed by atoms with Gasteiger partial charge in [0.25, 0.3) is 5.91 Å². The first kappa shape index (κ1) is 19.0. The van der Waals surface area contributed by atoms with E-state index in [2.05, 4.69) is 33.5 Å². The summed E-state index contributed by atoms with van der Waals surface area (Å²) in [6.45, 7) is 2.51. The molecule has 1 saturated heterocycles. The second kappa shape index (κ2) is 7.88. The van der Waals surface area contributed by atoms with Crippen LogP contribution in [0.15, 0.2) is 16.4 Å². The number of β-lactam (4-membered cyclic amide) rings is 1. The molecule has 1 aromatic rings. The van der Waals surface area contributed by atoms with Crippen LogP contribution in [0.5, 0.6) is 0 Å². The van der Waals surface area contributed by atoms with Crippen molar-refractivity contribution in [1.82, 2.24) is 30.4 Å². The first-order valence-electron chi connectivity index (χ1n) is 7.67. The molecule has 10 nitrogen and oxygen atoms in total. The van der Waals surface area contributed by atoms with Crippen molar-refractivity contribution in [3.63, 3.8) is 0 Å². The molecule has 0 spiro atoms. The standard InChI is InChI=1S/C13H16N6O4S3/c1-2-18-13(15-16-17-18)26-5-6-4-25-11-8(14-7(20)3-24)10(21)19(11)9(6)12(22)23/h8,11,24H,2-5H2,1H3,(H,14,20)(H,22,23)/t8?,11-/m0/s1. The number of hydrogen-bond acceptors (Lipinski definition) is 9. The summed E-state index contributed by atoms with van der Waals surface area (Å²) in [5.41, 5.74) is 0.611. The molecule has 1 unspecified atom stereocenters. The lowest BCUT2D eigenvalue weighted by Gasteiger charge is -2.49. The second-order valence-corrected chi connectivity index (χ2v) is 7.80. The predicted octanol–water partition coefficient (Wildman–Crippen LogP) is -0.546. The van der Waals surface area contributed by atoms with Crippen molar-refractivity contribution < 1.29 is 19.5 Å². The minimum absolute atomic E-state index is 0.0156. The Morgan fingerprint density at radius 1 is 1.50 bits per heavy atom. The molecule has 2 amide bonds. The lowest BCUT2D eigenvalue weighted by Crippen LogP contribution is -2.70. The molecule has 0 radical (unpaired) electrons. The van der Waals surface area contributed by atoms with E-state index in [9.17, 15) is 19.5 Å². The number of carbonyl (C=O) groups excluding carboxylic acids is 2. The Hall–Kier alpha value is -1.73. The lowest BCUT2D eigenvalue weighted by atomic mass is 10.0. The molecule has 3 rings (SSSR count). The molecule has 140 valence electrons. The van der Waals surface area contributed by atoms with Crippen LogP contribution >= 0.6 is 36.2 Å². The van der Waals surface area contributed by atoms with Gasteiger partial charge in [0.05, 0.1) is 5.75 Å². The van der Waals surface area contributed by atoms with Crippen molar-refractivity contribution >= 4 is 53.9 Å². The van der Waals surface area contributed by atoms with Gasteiger partial charge in [0.15, 0.2) is 0 Å². The van der Waals surface area contributed by atoms with Crippen LogP contribution in [0.4, 0.5) is 0 Å². The van der Waals surface area contributed by atoms with Crippen LogP contribution in [0.1, 0.15) is 6.92 Å². The Morgan fingerprint density at radius 2 is 2.27 bits per heavy atom. The number of carbonyl (C=O) groups is 3. The zero-order valence-corrected chi connectivity index (χ0v) is 16.2. The molecule has 0 aliphatic carbocycles. The van der Waals surface area contributed by atoms with Crippen molar-refractivity contribution in [1.29, 1.82) is 0 Å². The number of amides is 2. The van der Waals surface area contributed by atoms with Crippen LogP contribution in [0.3, 0.4) is 0 Å². The number of aryl methyl sites for hydroxylation is 1. The third-order valence-electron chi connectivity index (χ3n) is 3.88. The number of tetrazole rings is 1. The third-order valence-corrected chi connectivity index (χ3v) is 6.55. The van der Waals surface area contributed by atoms with Gasteiger partial charge in [-0.05, 0) is 22.9 Å². The highest BCUT2D eigenvalue weighted by atomic mass is 32.2. The van der Waals surface area contributed by atoms with E-state index in [1.807, 2.05) is 6.92 Å². The van der Waals surface area contributed by atoms with Gasteiger partial charge in [0.2, 0.25) is 11.1 Å². The van der Waals surface area contributed by atoms with Gasteiger partial charge in [0.1, 0.15) is 17.1 Å². The van der Waals surface area contributed by atoms with E-state index in [0.29, 0.717) is 28.8 Å². The number of nitrogens with one attached hydrogen (secondary N) is 1. The summed E-state index contributed by atoms with van der Waals surface area (Å²) in [4.78, 5) is 36.9. The molecule has 2 aliphatic rings. The zero-order chi connectivity index (χ0) is 18.8. The zero-order valence-electron chi connectivity index (χ0n) is 13.7. The van der Waals surface area contributed by atoms with Crippen molar-refractivity contribution in [3.8, 4) is 0 Å². The van der Waals surface area contributed by atoms with Crippen molar-refractivity contribution in [2.45, 2.75) is 30.0 Å². The highest BCUT2D eigenvalue weighted by Gasteiger charge is 2.54. The Bertz CT molecular complexity index is 782. The number of nitrogens with zero attached hydrogens (tertiary/aromatic N) is 5. The summed E-state index contributed by atoms with van der Waals surface area (Å²) in [7, 11) is 0. The molecule has 2 aliphatic heterocycles. The van der Waals surface area contributed by atoms with Gasteiger partial charge < -0.3 is 10.4 Å². The third kappa shape index (κ3) is 3.42. The number of aromatic nitrogens is 4. The molecule has 13 heteroatoms. The smallest absolute Gasteiger partial charge is 0.352 e. The molecule has 3 heterocycles. The molecule has 1 aromatic heterocycles. The molecule has 26 heavy (non-hydrogen) atoms. The number of aliphatic carboxylic acids is 1. The van der Waals surface area contributed by atoms with Gasteiger partial charge in [-0.3, -0.25) is 14.5 Å².